The summed E-state index contributed by atoms with van der Waals surface area (Å²) in [5, 5.41) is 0. The highest BCUT2D eigenvalue weighted by molar-refractivity contribution is 5.85. The van der Waals surface area contributed by atoms with E-state index in [2.05, 4.69) is 4.90 Å². The molecule has 1 rings (SSSR count). The highest BCUT2D eigenvalue weighted by atomic mass is 35.5. The van der Waals surface area contributed by atoms with Gasteiger partial charge in [-0.3, -0.25) is 0 Å². The maximum absolute atomic E-state index is 5.83. The number of unbranched alkanes of at least 4 members (excludes halogenated alkanes) is 1. The monoisotopic (exact) mass is 258 g/mol. The molecular weight excluding hydrogens is 235 g/mol. The largest absolute Gasteiger partial charge is 0.385 e. The van der Waals surface area contributed by atoms with Gasteiger partial charge in [0.25, 0.3) is 0 Å². The Morgan fingerprint density at radius 1 is 1.20 bits per heavy atom. The summed E-state index contributed by atoms with van der Waals surface area (Å²) in [6.45, 7) is 4.49. The van der Waals surface area contributed by atoms with Gasteiger partial charge in [0.1, 0.15) is 0 Å². The van der Waals surface area contributed by atoms with E-state index < -0.39 is 0 Å². The average Bonchev–Trinajstić information content (AvgIpc) is 2.15. The van der Waals surface area contributed by atoms with Crippen LogP contribution < -0.4 is 5.73 Å². The SMILES string of the molecule is COCCCCN1CCC(N)CC1.Cl.Cl. The van der Waals surface area contributed by atoms with Gasteiger partial charge in [-0.1, -0.05) is 0 Å². The van der Waals surface area contributed by atoms with Crippen LogP contribution >= 0.6 is 24.8 Å². The lowest BCUT2D eigenvalue weighted by atomic mass is 10.1. The number of piperidine rings is 1. The van der Waals surface area contributed by atoms with E-state index in [1.54, 1.807) is 7.11 Å². The van der Waals surface area contributed by atoms with Crippen molar-refractivity contribution < 1.29 is 4.74 Å². The van der Waals surface area contributed by atoms with E-state index in [-0.39, 0.29) is 24.8 Å². The lowest BCUT2D eigenvalue weighted by Crippen LogP contribution is -2.40. The molecule has 0 spiro atoms. The van der Waals surface area contributed by atoms with Crippen LogP contribution in [0.3, 0.4) is 0 Å². The summed E-state index contributed by atoms with van der Waals surface area (Å²) in [7, 11) is 1.76. The van der Waals surface area contributed by atoms with Crippen molar-refractivity contribution in [3.8, 4) is 0 Å². The maximum atomic E-state index is 5.83. The number of nitrogens with zero attached hydrogens (tertiary/aromatic N) is 1. The van der Waals surface area contributed by atoms with E-state index >= 15 is 0 Å². The third-order valence-corrected chi connectivity index (χ3v) is 2.71. The first-order valence-electron chi connectivity index (χ1n) is 5.30. The highest BCUT2D eigenvalue weighted by Gasteiger charge is 2.14. The molecule has 2 N–H and O–H groups in total. The number of hydrogen-bond acceptors (Lipinski definition) is 3. The zero-order valence-corrected chi connectivity index (χ0v) is 11.1. The number of rotatable bonds is 5. The normalized spacial score (nSPS) is 18.0. The minimum atomic E-state index is 0. The molecule has 1 saturated heterocycles. The summed E-state index contributed by atoms with van der Waals surface area (Å²) in [5.41, 5.74) is 5.83. The van der Waals surface area contributed by atoms with Gasteiger partial charge in [0.2, 0.25) is 0 Å². The second-order valence-electron chi connectivity index (χ2n) is 3.88. The number of nitrogens with two attached hydrogens (primary N) is 1. The summed E-state index contributed by atoms with van der Waals surface area (Å²) in [4.78, 5) is 2.51. The molecule has 0 aromatic heterocycles. The molecule has 0 bridgehead atoms. The molecule has 1 heterocycles. The molecule has 0 radical (unpaired) electrons. The molecule has 1 fully saturated rings. The zero-order valence-electron chi connectivity index (χ0n) is 9.48. The summed E-state index contributed by atoms with van der Waals surface area (Å²) in [5.74, 6) is 0. The van der Waals surface area contributed by atoms with Gasteiger partial charge in [-0.05, 0) is 45.3 Å². The number of likely N-dealkylation sites (tertiary alicyclic amines) is 1. The van der Waals surface area contributed by atoms with E-state index in [0.29, 0.717) is 6.04 Å². The first-order chi connectivity index (χ1) is 6.33. The van der Waals surface area contributed by atoms with Gasteiger partial charge >= 0.3 is 0 Å². The van der Waals surface area contributed by atoms with Crippen LogP contribution in [-0.4, -0.2) is 44.3 Å². The molecule has 3 nitrogen and oxygen atoms in total. The Bertz CT molecular complexity index is 131. The van der Waals surface area contributed by atoms with Crippen LogP contribution in [0.1, 0.15) is 25.7 Å². The van der Waals surface area contributed by atoms with E-state index in [1.807, 2.05) is 0 Å². The molecular formula is C10H24Cl2N2O. The Hall–Kier alpha value is 0.460. The van der Waals surface area contributed by atoms with Crippen LogP contribution in [0.15, 0.2) is 0 Å². The predicted molar refractivity (Wildman–Crippen MR) is 69.3 cm³/mol. The molecule has 1 aliphatic rings. The van der Waals surface area contributed by atoms with Gasteiger partial charge in [-0.15, -0.1) is 24.8 Å². The number of methoxy groups -OCH3 is 1. The molecule has 1 aliphatic heterocycles. The minimum Gasteiger partial charge on any atom is -0.385 e. The van der Waals surface area contributed by atoms with Crippen LogP contribution in [0.2, 0.25) is 0 Å². The minimum absolute atomic E-state index is 0. The van der Waals surface area contributed by atoms with Crippen LogP contribution in [0.5, 0.6) is 0 Å². The molecule has 0 aromatic rings. The van der Waals surface area contributed by atoms with Gasteiger partial charge in [0.15, 0.2) is 0 Å². The Morgan fingerprint density at radius 2 is 1.80 bits per heavy atom. The fourth-order valence-corrected chi connectivity index (χ4v) is 1.76. The molecule has 0 aromatic carbocycles. The van der Waals surface area contributed by atoms with Gasteiger partial charge in [-0.25, -0.2) is 0 Å². The van der Waals surface area contributed by atoms with Crippen molar-refractivity contribution in [3.05, 3.63) is 0 Å². The van der Waals surface area contributed by atoms with Crippen molar-refractivity contribution in [1.29, 1.82) is 0 Å². The van der Waals surface area contributed by atoms with Gasteiger partial charge in [0, 0.05) is 19.8 Å². The second kappa shape index (κ2) is 11.0. The van der Waals surface area contributed by atoms with Crippen molar-refractivity contribution in [2.24, 2.45) is 5.73 Å². The number of hydrogen-bond donors (Lipinski definition) is 1. The van der Waals surface area contributed by atoms with E-state index in [4.69, 9.17) is 10.5 Å². The third kappa shape index (κ3) is 8.29. The lowest BCUT2D eigenvalue weighted by Gasteiger charge is -2.29. The van der Waals surface area contributed by atoms with E-state index in [0.717, 1.165) is 6.61 Å². The predicted octanol–water partition coefficient (Wildman–Crippen LogP) is 1.68. The fraction of sp³-hybridized carbons (Fsp3) is 1.00. The molecule has 0 saturated carbocycles. The van der Waals surface area contributed by atoms with Crippen molar-refractivity contribution in [3.63, 3.8) is 0 Å². The summed E-state index contributed by atoms with van der Waals surface area (Å²) >= 11 is 0. The van der Waals surface area contributed by atoms with Crippen molar-refractivity contribution in [2.75, 3.05) is 33.4 Å². The summed E-state index contributed by atoms with van der Waals surface area (Å²) < 4.78 is 5.01. The van der Waals surface area contributed by atoms with Gasteiger partial charge < -0.3 is 15.4 Å². The van der Waals surface area contributed by atoms with Crippen LogP contribution in [0, 0.1) is 0 Å². The standard InChI is InChI=1S/C10H22N2O.2ClH/c1-13-9-3-2-6-12-7-4-10(11)5-8-12;;/h10H,2-9,11H2,1H3;2*1H. The number of halogens is 2. The first kappa shape index (κ1) is 17.8. The Morgan fingerprint density at radius 3 is 2.33 bits per heavy atom. The fourth-order valence-electron chi connectivity index (χ4n) is 1.76. The number of ether oxygens (including phenoxy) is 1. The Kier molecular flexibility index (Phi) is 13.0. The van der Waals surface area contributed by atoms with Gasteiger partial charge in [0.05, 0.1) is 0 Å². The first-order valence-corrected chi connectivity index (χ1v) is 5.30. The maximum Gasteiger partial charge on any atom is 0.0462 e. The van der Waals surface area contributed by atoms with E-state index in [1.165, 1.54) is 45.3 Å². The second-order valence-corrected chi connectivity index (χ2v) is 3.88. The molecule has 0 unspecified atom stereocenters. The molecule has 0 atom stereocenters. The topological polar surface area (TPSA) is 38.5 Å². The molecule has 15 heavy (non-hydrogen) atoms. The Balaban J connectivity index is 0. The summed E-state index contributed by atoms with van der Waals surface area (Å²) in [6, 6.07) is 0.454. The molecule has 94 valence electrons. The Labute approximate surface area is 106 Å². The van der Waals surface area contributed by atoms with Crippen LogP contribution in [0.4, 0.5) is 0 Å². The van der Waals surface area contributed by atoms with Gasteiger partial charge in [-0.2, -0.15) is 0 Å². The molecule has 0 aliphatic carbocycles. The highest BCUT2D eigenvalue weighted by Crippen LogP contribution is 2.08. The van der Waals surface area contributed by atoms with Crippen molar-refractivity contribution >= 4 is 24.8 Å². The molecule has 0 amide bonds. The van der Waals surface area contributed by atoms with Crippen LogP contribution in [-0.2, 0) is 4.74 Å². The van der Waals surface area contributed by atoms with E-state index in [9.17, 15) is 0 Å². The molecule has 5 heteroatoms. The smallest absolute Gasteiger partial charge is 0.0462 e. The van der Waals surface area contributed by atoms with Crippen LogP contribution in [0.25, 0.3) is 0 Å². The zero-order chi connectivity index (χ0) is 9.52. The quantitative estimate of drug-likeness (QED) is 0.763. The van der Waals surface area contributed by atoms with Crippen molar-refractivity contribution in [1.82, 2.24) is 4.90 Å². The summed E-state index contributed by atoms with van der Waals surface area (Å²) in [6.07, 6.45) is 4.77. The van der Waals surface area contributed by atoms with Crippen molar-refractivity contribution in [2.45, 2.75) is 31.7 Å². The average molecular weight is 259 g/mol. The third-order valence-electron chi connectivity index (χ3n) is 2.71. The lowest BCUT2D eigenvalue weighted by molar-refractivity contribution is 0.174.